The molecule has 0 radical (unpaired) electrons. The van der Waals surface area contributed by atoms with E-state index in [1.54, 1.807) is 0 Å². The average molecular weight is 253 g/mol. The Kier molecular flexibility index (Phi) is 7.22. The van der Waals surface area contributed by atoms with Gasteiger partial charge in [-0.15, -0.1) is 0 Å². The summed E-state index contributed by atoms with van der Waals surface area (Å²) in [5.41, 5.74) is 0. The van der Waals surface area contributed by atoms with Crippen LogP contribution in [0.25, 0.3) is 0 Å². The van der Waals surface area contributed by atoms with Crippen molar-refractivity contribution < 1.29 is 14.6 Å². The zero-order chi connectivity index (χ0) is 13.2. The molecule has 1 aromatic carbocycles. The molecule has 2 N–H and O–H groups in total. The van der Waals surface area contributed by atoms with Gasteiger partial charge < -0.3 is 19.9 Å². The fourth-order valence-corrected chi connectivity index (χ4v) is 1.56. The quantitative estimate of drug-likeness (QED) is 0.705. The molecule has 1 atom stereocenters. The highest BCUT2D eigenvalue weighted by Crippen LogP contribution is 2.26. The number of likely N-dealkylation sites (N-methyl/N-ethyl adjacent to an activating group) is 1. The first-order chi connectivity index (χ1) is 8.81. The Morgan fingerprint density at radius 3 is 2.39 bits per heavy atom. The van der Waals surface area contributed by atoms with E-state index in [0.29, 0.717) is 13.2 Å². The minimum atomic E-state index is -0.0470. The van der Waals surface area contributed by atoms with Gasteiger partial charge in [0.05, 0.1) is 19.3 Å². The molecule has 4 nitrogen and oxygen atoms in total. The Morgan fingerprint density at radius 2 is 1.83 bits per heavy atom. The normalized spacial score (nSPS) is 12.2. The summed E-state index contributed by atoms with van der Waals surface area (Å²) in [6.07, 6.45) is 0.963. The van der Waals surface area contributed by atoms with Crippen LogP contribution in [-0.2, 0) is 0 Å². The Bertz CT molecular complexity index is 331. The minimum absolute atomic E-state index is 0.0470. The summed E-state index contributed by atoms with van der Waals surface area (Å²) in [6.45, 7) is 6.04. The third-order valence-electron chi connectivity index (χ3n) is 2.46. The first kappa shape index (κ1) is 14.8. The van der Waals surface area contributed by atoms with E-state index in [0.717, 1.165) is 24.5 Å². The van der Waals surface area contributed by atoms with Gasteiger partial charge in [-0.2, -0.15) is 0 Å². The number of nitrogens with one attached hydrogen (secondary N) is 1. The predicted octanol–water partition coefficient (Wildman–Crippen LogP) is 1.82. The molecule has 0 saturated carbocycles. The third kappa shape index (κ3) is 4.94. The van der Waals surface area contributed by atoms with Gasteiger partial charge in [0.15, 0.2) is 11.5 Å². The number of aliphatic hydroxyl groups is 1. The summed E-state index contributed by atoms with van der Waals surface area (Å²) in [5.74, 6) is 1.48. The van der Waals surface area contributed by atoms with Gasteiger partial charge in [-0.25, -0.2) is 0 Å². The summed E-state index contributed by atoms with van der Waals surface area (Å²) in [4.78, 5) is 0. The maximum atomic E-state index is 9.17. The Hall–Kier alpha value is -1.26. The van der Waals surface area contributed by atoms with Crippen molar-refractivity contribution in [1.82, 2.24) is 5.32 Å². The summed E-state index contributed by atoms with van der Waals surface area (Å²) in [6, 6.07) is 7.56. The van der Waals surface area contributed by atoms with Crippen LogP contribution >= 0.6 is 0 Å². The van der Waals surface area contributed by atoms with Gasteiger partial charge in [0.25, 0.3) is 0 Å². The molecule has 0 fully saturated rings. The van der Waals surface area contributed by atoms with E-state index in [1.165, 1.54) is 0 Å². The van der Waals surface area contributed by atoms with E-state index in [1.807, 2.05) is 31.2 Å². The molecule has 0 spiro atoms. The van der Waals surface area contributed by atoms with Crippen molar-refractivity contribution in [3.05, 3.63) is 24.3 Å². The Morgan fingerprint density at radius 1 is 1.17 bits per heavy atom. The van der Waals surface area contributed by atoms with Crippen LogP contribution in [0.15, 0.2) is 24.3 Å². The molecule has 0 aromatic heterocycles. The molecule has 0 aliphatic carbocycles. The summed E-state index contributed by atoms with van der Waals surface area (Å²) in [7, 11) is 0. The standard InChI is InChI=1S/C14H23NO3/c1-3-9-17-13-7-5-6-8-14(13)18-11-12(10-16)15-4-2/h5-8,12,15-16H,3-4,9-11H2,1-2H3. The largest absolute Gasteiger partial charge is 0.490 e. The van der Waals surface area contributed by atoms with E-state index in [-0.39, 0.29) is 12.6 Å². The van der Waals surface area contributed by atoms with Crippen molar-refractivity contribution in [2.75, 3.05) is 26.4 Å². The number of aliphatic hydroxyl groups excluding tert-OH is 1. The van der Waals surface area contributed by atoms with Gasteiger partial charge >= 0.3 is 0 Å². The van der Waals surface area contributed by atoms with Crippen LogP contribution < -0.4 is 14.8 Å². The van der Waals surface area contributed by atoms with Crippen LogP contribution in [0.3, 0.4) is 0 Å². The molecular weight excluding hydrogens is 230 g/mol. The highest BCUT2D eigenvalue weighted by molar-refractivity contribution is 5.39. The second-order valence-electron chi connectivity index (χ2n) is 4.04. The van der Waals surface area contributed by atoms with Gasteiger partial charge in [-0.05, 0) is 25.1 Å². The van der Waals surface area contributed by atoms with E-state index in [2.05, 4.69) is 12.2 Å². The number of hydrogen-bond acceptors (Lipinski definition) is 4. The van der Waals surface area contributed by atoms with Crippen LogP contribution in [0, 0.1) is 0 Å². The van der Waals surface area contributed by atoms with Crippen LogP contribution in [-0.4, -0.2) is 37.5 Å². The second-order valence-corrected chi connectivity index (χ2v) is 4.04. The monoisotopic (exact) mass is 253 g/mol. The lowest BCUT2D eigenvalue weighted by Crippen LogP contribution is -2.37. The van der Waals surface area contributed by atoms with Crippen LogP contribution in [0.4, 0.5) is 0 Å². The lowest BCUT2D eigenvalue weighted by atomic mass is 10.3. The molecule has 102 valence electrons. The van der Waals surface area contributed by atoms with Crippen molar-refractivity contribution >= 4 is 0 Å². The minimum Gasteiger partial charge on any atom is -0.490 e. The highest BCUT2D eigenvalue weighted by atomic mass is 16.5. The zero-order valence-corrected chi connectivity index (χ0v) is 11.2. The maximum absolute atomic E-state index is 9.17. The van der Waals surface area contributed by atoms with Gasteiger partial charge in [-0.1, -0.05) is 26.0 Å². The number of ether oxygens (including phenoxy) is 2. The molecule has 1 rings (SSSR count). The molecule has 0 saturated heterocycles. The Labute approximate surface area is 109 Å². The summed E-state index contributed by atoms with van der Waals surface area (Å²) in [5, 5.41) is 12.3. The molecule has 18 heavy (non-hydrogen) atoms. The third-order valence-corrected chi connectivity index (χ3v) is 2.46. The number of benzene rings is 1. The lowest BCUT2D eigenvalue weighted by Gasteiger charge is -2.17. The van der Waals surface area contributed by atoms with Crippen molar-refractivity contribution in [2.45, 2.75) is 26.3 Å². The number of rotatable bonds is 9. The van der Waals surface area contributed by atoms with Gasteiger partial charge in [0.2, 0.25) is 0 Å². The van der Waals surface area contributed by atoms with Crippen molar-refractivity contribution in [3.8, 4) is 11.5 Å². The fourth-order valence-electron chi connectivity index (χ4n) is 1.56. The van der Waals surface area contributed by atoms with E-state index in [9.17, 15) is 5.11 Å². The molecule has 0 amide bonds. The van der Waals surface area contributed by atoms with Crippen molar-refractivity contribution in [2.24, 2.45) is 0 Å². The molecule has 4 heteroatoms. The van der Waals surface area contributed by atoms with Crippen LogP contribution in [0.1, 0.15) is 20.3 Å². The molecular formula is C14H23NO3. The highest BCUT2D eigenvalue weighted by Gasteiger charge is 2.09. The molecule has 1 unspecified atom stereocenters. The first-order valence-corrected chi connectivity index (χ1v) is 6.50. The zero-order valence-electron chi connectivity index (χ0n) is 11.2. The molecule has 0 heterocycles. The molecule has 0 aliphatic rings. The van der Waals surface area contributed by atoms with E-state index in [4.69, 9.17) is 9.47 Å². The van der Waals surface area contributed by atoms with Crippen LogP contribution in [0.5, 0.6) is 11.5 Å². The summed E-state index contributed by atoms with van der Waals surface area (Å²) >= 11 is 0. The average Bonchev–Trinajstić information content (AvgIpc) is 2.42. The van der Waals surface area contributed by atoms with Crippen molar-refractivity contribution in [3.63, 3.8) is 0 Å². The van der Waals surface area contributed by atoms with E-state index < -0.39 is 0 Å². The van der Waals surface area contributed by atoms with E-state index >= 15 is 0 Å². The smallest absolute Gasteiger partial charge is 0.161 e. The lowest BCUT2D eigenvalue weighted by molar-refractivity contribution is 0.179. The summed E-state index contributed by atoms with van der Waals surface area (Å²) < 4.78 is 11.3. The van der Waals surface area contributed by atoms with Gasteiger partial charge in [0.1, 0.15) is 6.61 Å². The number of para-hydroxylation sites is 2. The van der Waals surface area contributed by atoms with Crippen LogP contribution in [0.2, 0.25) is 0 Å². The van der Waals surface area contributed by atoms with Gasteiger partial charge in [0, 0.05) is 0 Å². The SMILES string of the molecule is CCCOc1ccccc1OCC(CO)NCC. The fraction of sp³-hybridized carbons (Fsp3) is 0.571. The van der Waals surface area contributed by atoms with Crippen molar-refractivity contribution in [1.29, 1.82) is 0 Å². The molecule has 0 aliphatic heterocycles. The first-order valence-electron chi connectivity index (χ1n) is 6.50. The number of hydrogen-bond donors (Lipinski definition) is 2. The second kappa shape index (κ2) is 8.78. The molecule has 0 bridgehead atoms. The molecule has 1 aromatic rings. The predicted molar refractivity (Wildman–Crippen MR) is 72.3 cm³/mol. The Balaban J connectivity index is 2.54. The topological polar surface area (TPSA) is 50.7 Å². The maximum Gasteiger partial charge on any atom is 0.161 e. The van der Waals surface area contributed by atoms with Gasteiger partial charge in [-0.3, -0.25) is 0 Å².